The summed E-state index contributed by atoms with van der Waals surface area (Å²) < 4.78 is 78.2. The quantitative estimate of drug-likeness (QED) is 0.627. The van der Waals surface area contributed by atoms with Gasteiger partial charge in [-0.25, -0.2) is 17.9 Å². The molecule has 0 saturated heterocycles. The molecule has 3 rings (SSSR count). The molecule has 0 aliphatic heterocycles. The van der Waals surface area contributed by atoms with E-state index < -0.39 is 27.1 Å². The van der Waals surface area contributed by atoms with Gasteiger partial charge in [0, 0.05) is 17.3 Å². The Morgan fingerprint density at radius 2 is 1.76 bits per heavy atom. The number of sulfonamides is 1. The van der Waals surface area contributed by atoms with Crippen LogP contribution in [0, 0.1) is 12.7 Å². The van der Waals surface area contributed by atoms with Gasteiger partial charge in [-0.05, 0) is 54.4 Å². The Morgan fingerprint density at radius 1 is 1.03 bits per heavy atom. The summed E-state index contributed by atoms with van der Waals surface area (Å²) in [5.74, 6) is -1.40. The molecule has 0 fully saturated rings. The number of alkyl halides is 3. The molecule has 5 nitrogen and oxygen atoms in total. The molecular weight excluding hydrogens is 412 g/mol. The second-order valence-corrected chi connectivity index (χ2v) is 7.64. The summed E-state index contributed by atoms with van der Waals surface area (Å²) >= 11 is 0. The Labute approximate surface area is 163 Å². The van der Waals surface area contributed by atoms with Gasteiger partial charge in [0.2, 0.25) is 10.0 Å². The molecule has 2 N–H and O–H groups in total. The first-order valence-electron chi connectivity index (χ1n) is 8.10. The summed E-state index contributed by atoms with van der Waals surface area (Å²) in [6.45, 7) is 1.59. The molecule has 0 unspecified atom stereocenters. The van der Waals surface area contributed by atoms with Crippen molar-refractivity contribution in [1.29, 1.82) is 0 Å². The van der Waals surface area contributed by atoms with Gasteiger partial charge >= 0.3 is 6.36 Å². The highest BCUT2D eigenvalue weighted by Crippen LogP contribution is 2.35. The fraction of sp³-hybridized carbons (Fsp3) is 0.105. The molecule has 0 amide bonds. The summed E-state index contributed by atoms with van der Waals surface area (Å²) in [6, 6.07) is 10.4. The monoisotopic (exact) mass is 426 g/mol. The summed E-state index contributed by atoms with van der Waals surface area (Å²) in [7, 11) is -4.22. The molecule has 152 valence electrons. The Morgan fingerprint density at radius 3 is 2.34 bits per heavy atom. The largest absolute Gasteiger partial charge is 0.573 e. The fourth-order valence-electron chi connectivity index (χ4n) is 2.85. The standard InChI is InChI=1S/C19H14F4N2O3S/c1-11-9-13(28-19(21,22)23)5-6-14(11)18-15(3-2-8-25-18)12-4-7-17(16(20)10-12)29(24,26)27/h2-10H,1H3,(H2,24,26,27). The minimum atomic E-state index is -4.81. The van der Waals surface area contributed by atoms with Gasteiger partial charge < -0.3 is 4.74 Å². The van der Waals surface area contributed by atoms with Crippen molar-refractivity contribution < 1.29 is 30.7 Å². The zero-order valence-corrected chi connectivity index (χ0v) is 15.7. The highest BCUT2D eigenvalue weighted by Gasteiger charge is 2.31. The molecule has 1 heterocycles. The van der Waals surface area contributed by atoms with Crippen LogP contribution in [0.25, 0.3) is 22.4 Å². The lowest BCUT2D eigenvalue weighted by Crippen LogP contribution is -2.17. The van der Waals surface area contributed by atoms with Crippen LogP contribution in [-0.2, 0) is 10.0 Å². The molecule has 0 radical (unpaired) electrons. The van der Waals surface area contributed by atoms with Crippen LogP contribution in [0.5, 0.6) is 5.75 Å². The third kappa shape index (κ3) is 4.72. The van der Waals surface area contributed by atoms with Crippen molar-refractivity contribution in [2.75, 3.05) is 0 Å². The number of ether oxygens (including phenoxy) is 1. The lowest BCUT2D eigenvalue weighted by Gasteiger charge is -2.14. The van der Waals surface area contributed by atoms with Crippen LogP contribution in [0.1, 0.15) is 5.56 Å². The maximum absolute atomic E-state index is 14.3. The highest BCUT2D eigenvalue weighted by atomic mass is 32.2. The predicted octanol–water partition coefficient (Wildman–Crippen LogP) is 4.41. The number of hydrogen-bond donors (Lipinski definition) is 1. The van der Waals surface area contributed by atoms with Crippen molar-refractivity contribution in [3.63, 3.8) is 0 Å². The van der Waals surface area contributed by atoms with Crippen LogP contribution in [0.15, 0.2) is 59.6 Å². The summed E-state index contributed by atoms with van der Waals surface area (Å²) in [4.78, 5) is 3.62. The number of aromatic nitrogens is 1. The lowest BCUT2D eigenvalue weighted by atomic mass is 9.96. The van der Waals surface area contributed by atoms with Crippen molar-refractivity contribution in [2.24, 2.45) is 5.14 Å². The van der Waals surface area contributed by atoms with Crippen molar-refractivity contribution in [3.8, 4) is 28.1 Å². The van der Waals surface area contributed by atoms with Gasteiger partial charge in [0.05, 0.1) is 5.69 Å². The van der Waals surface area contributed by atoms with Crippen LogP contribution >= 0.6 is 0 Å². The van der Waals surface area contributed by atoms with Crippen LogP contribution in [0.4, 0.5) is 17.6 Å². The van der Waals surface area contributed by atoms with E-state index in [0.717, 1.165) is 18.2 Å². The van der Waals surface area contributed by atoms with Crippen molar-refractivity contribution in [3.05, 3.63) is 66.1 Å². The molecule has 0 saturated carbocycles. The van der Waals surface area contributed by atoms with Gasteiger partial charge in [-0.2, -0.15) is 0 Å². The van der Waals surface area contributed by atoms with Gasteiger partial charge in [0.25, 0.3) is 0 Å². The van der Waals surface area contributed by atoms with Gasteiger partial charge in [-0.1, -0.05) is 12.1 Å². The number of aryl methyl sites for hydroxylation is 1. The summed E-state index contributed by atoms with van der Waals surface area (Å²) in [5, 5.41) is 4.97. The third-order valence-electron chi connectivity index (χ3n) is 4.04. The second-order valence-electron chi connectivity index (χ2n) is 6.11. The number of rotatable bonds is 4. The van der Waals surface area contributed by atoms with Gasteiger partial charge in [-0.15, -0.1) is 13.2 Å². The molecule has 1 aromatic heterocycles. The SMILES string of the molecule is Cc1cc(OC(F)(F)F)ccc1-c1ncccc1-c1ccc(S(N)(=O)=O)c(F)c1. The van der Waals surface area contributed by atoms with Crippen LogP contribution < -0.4 is 9.88 Å². The average Bonchev–Trinajstić information content (AvgIpc) is 2.59. The van der Waals surface area contributed by atoms with E-state index in [1.165, 1.54) is 24.4 Å². The van der Waals surface area contributed by atoms with Crippen LogP contribution in [0.2, 0.25) is 0 Å². The maximum atomic E-state index is 14.3. The van der Waals surface area contributed by atoms with E-state index in [-0.39, 0.29) is 5.75 Å². The Balaban J connectivity index is 2.08. The number of primary sulfonamides is 1. The molecule has 29 heavy (non-hydrogen) atoms. The van der Waals surface area contributed by atoms with E-state index in [9.17, 15) is 26.0 Å². The Kier molecular flexibility index (Phi) is 5.33. The zero-order chi connectivity index (χ0) is 21.4. The maximum Gasteiger partial charge on any atom is 0.573 e. The lowest BCUT2D eigenvalue weighted by molar-refractivity contribution is -0.274. The topological polar surface area (TPSA) is 82.3 Å². The minimum Gasteiger partial charge on any atom is -0.406 e. The number of nitrogens with two attached hydrogens (primary N) is 1. The van der Waals surface area contributed by atoms with Crippen molar-refractivity contribution in [1.82, 2.24) is 4.98 Å². The van der Waals surface area contributed by atoms with Crippen molar-refractivity contribution >= 4 is 10.0 Å². The molecule has 10 heteroatoms. The van der Waals surface area contributed by atoms with Gasteiger partial charge in [-0.3, -0.25) is 4.98 Å². The fourth-order valence-corrected chi connectivity index (χ4v) is 3.44. The van der Waals surface area contributed by atoms with E-state index in [0.29, 0.717) is 27.9 Å². The molecular formula is C19H14F4N2O3S. The summed E-state index contributed by atoms with van der Waals surface area (Å²) in [5.41, 5.74) is 2.12. The molecule has 0 atom stereocenters. The van der Waals surface area contributed by atoms with Crippen LogP contribution in [-0.4, -0.2) is 19.8 Å². The van der Waals surface area contributed by atoms with E-state index >= 15 is 0 Å². The Bertz CT molecular complexity index is 1180. The smallest absolute Gasteiger partial charge is 0.406 e. The molecule has 0 aliphatic carbocycles. The van der Waals surface area contributed by atoms with Crippen molar-refractivity contribution in [2.45, 2.75) is 18.2 Å². The number of nitrogens with zero attached hydrogens (tertiary/aromatic N) is 1. The number of pyridine rings is 1. The molecule has 0 bridgehead atoms. The number of halogens is 4. The molecule has 0 aliphatic rings. The highest BCUT2D eigenvalue weighted by molar-refractivity contribution is 7.89. The second kappa shape index (κ2) is 7.45. The van der Waals surface area contributed by atoms with Crippen LogP contribution in [0.3, 0.4) is 0 Å². The first-order valence-corrected chi connectivity index (χ1v) is 9.65. The Hall–Kier alpha value is -2.98. The normalized spacial score (nSPS) is 12.1. The van der Waals surface area contributed by atoms with E-state index in [2.05, 4.69) is 9.72 Å². The molecule has 3 aromatic rings. The van der Waals surface area contributed by atoms with E-state index in [1.54, 1.807) is 19.1 Å². The minimum absolute atomic E-state index is 0.327. The molecule has 0 spiro atoms. The number of benzene rings is 2. The first kappa shape index (κ1) is 20.7. The summed E-state index contributed by atoms with van der Waals surface area (Å²) in [6.07, 6.45) is -3.33. The van der Waals surface area contributed by atoms with E-state index in [4.69, 9.17) is 5.14 Å². The number of hydrogen-bond acceptors (Lipinski definition) is 4. The third-order valence-corrected chi connectivity index (χ3v) is 4.99. The molecule has 2 aromatic carbocycles. The zero-order valence-electron chi connectivity index (χ0n) is 14.9. The van der Waals surface area contributed by atoms with Gasteiger partial charge in [0.15, 0.2) is 0 Å². The van der Waals surface area contributed by atoms with E-state index in [1.807, 2.05) is 0 Å². The first-order chi connectivity index (χ1) is 13.5. The van der Waals surface area contributed by atoms with Gasteiger partial charge in [0.1, 0.15) is 16.5 Å². The predicted molar refractivity (Wildman–Crippen MR) is 97.9 cm³/mol. The average molecular weight is 426 g/mol.